The van der Waals surface area contributed by atoms with E-state index >= 15 is 0 Å². The second-order valence-electron chi connectivity index (χ2n) is 12.5. The molecule has 3 fully saturated rings. The van der Waals surface area contributed by atoms with Gasteiger partial charge in [0, 0.05) is 35.8 Å². The van der Waals surface area contributed by atoms with Gasteiger partial charge in [-0.25, -0.2) is 9.97 Å². The summed E-state index contributed by atoms with van der Waals surface area (Å²) in [6.45, 7) is 5.43. The quantitative estimate of drug-likeness (QED) is 0.453. The van der Waals surface area contributed by atoms with Gasteiger partial charge in [-0.1, -0.05) is 25.4 Å². The van der Waals surface area contributed by atoms with Gasteiger partial charge in [-0.15, -0.1) is 0 Å². The minimum Gasteiger partial charge on any atom is -0.349 e. The predicted octanol–water partition coefficient (Wildman–Crippen LogP) is 6.08. The molecule has 7 rings (SSSR count). The Kier molecular flexibility index (Phi) is 5.12. The largest absolute Gasteiger partial charge is 0.349 e. The molecule has 1 unspecified atom stereocenters. The van der Waals surface area contributed by atoms with Crippen molar-refractivity contribution < 1.29 is 4.79 Å². The van der Waals surface area contributed by atoms with Crippen LogP contribution >= 0.6 is 11.6 Å². The summed E-state index contributed by atoms with van der Waals surface area (Å²) in [6.07, 6.45) is 13.7. The lowest BCUT2D eigenvalue weighted by molar-refractivity contribution is -0.135. The third-order valence-electron chi connectivity index (χ3n) is 11.0. The Balaban J connectivity index is 1.07. The molecule has 1 aliphatic heterocycles. The van der Waals surface area contributed by atoms with Gasteiger partial charge in [-0.2, -0.15) is 0 Å². The molecule has 7 heteroatoms. The first-order chi connectivity index (χ1) is 17.4. The summed E-state index contributed by atoms with van der Waals surface area (Å²) in [7, 11) is 0. The first kappa shape index (κ1) is 22.8. The van der Waals surface area contributed by atoms with Crippen molar-refractivity contribution >= 4 is 28.5 Å². The number of carbonyl (C=O) groups excluding carboxylic acids is 1. The van der Waals surface area contributed by atoms with Crippen LogP contribution in [0.25, 0.3) is 11.0 Å². The van der Waals surface area contributed by atoms with Gasteiger partial charge in [0.2, 0.25) is 5.91 Å². The molecule has 1 amide bonds. The Labute approximate surface area is 217 Å². The number of aromatic nitrogens is 4. The number of amides is 1. The fourth-order valence-electron chi connectivity index (χ4n) is 9.29. The summed E-state index contributed by atoms with van der Waals surface area (Å²) in [4.78, 5) is 26.1. The van der Waals surface area contributed by atoms with Gasteiger partial charge in [0.1, 0.15) is 11.6 Å². The standard InChI is InChI=1S/C29H36ClN5O/c1-28-11-9-20-18(4-8-24-29(20,2)12-10-26-31-13-14-35(24)26)19(28)5-6-21(28)27(36)32-16-25-33-22-7-3-17(30)15-23(22)34-25/h3,7,13-15,18-21,24H,4-6,8-12,16H2,1-2H3,(H,32,36)(H,33,34)/t18-,19-,20-,21+,24?,28-,29+/m0/s1. The zero-order valence-corrected chi connectivity index (χ0v) is 22.0. The number of aromatic amines is 1. The van der Waals surface area contributed by atoms with Crippen LogP contribution in [0.4, 0.5) is 0 Å². The Bertz CT molecular complexity index is 1330. The van der Waals surface area contributed by atoms with Crippen molar-refractivity contribution in [2.75, 3.05) is 0 Å². The minimum absolute atomic E-state index is 0.0967. The smallest absolute Gasteiger partial charge is 0.224 e. The second-order valence-corrected chi connectivity index (χ2v) is 12.9. The molecule has 3 heterocycles. The SMILES string of the molecule is C[C@]12CC[C@H]3[C@@H](CCC4n5ccnc5CC[C@@]43C)[C@@H]1CC[C@@H]2C(=O)NCc1nc2ccc(Cl)cc2[nH]1. The van der Waals surface area contributed by atoms with Gasteiger partial charge in [0.25, 0.3) is 0 Å². The third-order valence-corrected chi connectivity index (χ3v) is 11.3. The van der Waals surface area contributed by atoms with Gasteiger partial charge in [0.05, 0.1) is 17.6 Å². The van der Waals surface area contributed by atoms with E-state index in [2.05, 4.69) is 44.9 Å². The van der Waals surface area contributed by atoms with Crippen molar-refractivity contribution in [1.29, 1.82) is 0 Å². The monoisotopic (exact) mass is 505 g/mol. The minimum atomic E-state index is 0.0967. The van der Waals surface area contributed by atoms with E-state index in [-0.39, 0.29) is 17.2 Å². The van der Waals surface area contributed by atoms with Crippen LogP contribution < -0.4 is 5.32 Å². The topological polar surface area (TPSA) is 75.6 Å². The lowest BCUT2D eigenvalue weighted by Gasteiger charge is -2.60. The average molecular weight is 506 g/mol. The number of halogens is 1. The van der Waals surface area contributed by atoms with Crippen LogP contribution in [0.2, 0.25) is 5.02 Å². The number of imidazole rings is 2. The molecular formula is C29H36ClN5O. The Morgan fingerprint density at radius 1 is 1.14 bits per heavy atom. The molecule has 2 aromatic heterocycles. The number of H-pyrrole nitrogens is 1. The lowest BCUT2D eigenvalue weighted by Crippen LogP contribution is -2.54. The molecule has 0 saturated heterocycles. The number of hydrogen-bond donors (Lipinski definition) is 2. The highest BCUT2D eigenvalue weighted by atomic mass is 35.5. The maximum absolute atomic E-state index is 13.5. The maximum Gasteiger partial charge on any atom is 0.224 e. The fraction of sp³-hybridized carbons (Fsp3) is 0.621. The number of hydrogen-bond acceptors (Lipinski definition) is 3. The molecule has 4 aliphatic rings. The molecule has 3 aliphatic carbocycles. The van der Waals surface area contributed by atoms with Crippen LogP contribution in [0.5, 0.6) is 0 Å². The van der Waals surface area contributed by atoms with E-state index in [0.29, 0.717) is 28.9 Å². The molecule has 1 aromatic carbocycles. The van der Waals surface area contributed by atoms with Gasteiger partial charge in [-0.05, 0) is 91.7 Å². The van der Waals surface area contributed by atoms with Gasteiger partial charge in [0.15, 0.2) is 0 Å². The van der Waals surface area contributed by atoms with Crippen LogP contribution in [0.15, 0.2) is 30.6 Å². The molecule has 0 spiro atoms. The lowest BCUT2D eigenvalue weighted by atomic mass is 9.47. The van der Waals surface area contributed by atoms with Gasteiger partial charge < -0.3 is 14.9 Å². The number of nitrogens with zero attached hydrogens (tertiary/aromatic N) is 3. The highest BCUT2D eigenvalue weighted by Crippen LogP contribution is 2.67. The van der Waals surface area contributed by atoms with E-state index in [4.69, 9.17) is 11.6 Å². The van der Waals surface area contributed by atoms with E-state index in [1.807, 2.05) is 24.4 Å². The van der Waals surface area contributed by atoms with Crippen molar-refractivity contribution in [2.24, 2.45) is 34.5 Å². The van der Waals surface area contributed by atoms with Crippen molar-refractivity contribution in [2.45, 2.75) is 77.8 Å². The van der Waals surface area contributed by atoms with Crippen LogP contribution in [0.1, 0.15) is 76.5 Å². The number of nitrogens with one attached hydrogen (secondary N) is 2. The summed E-state index contributed by atoms with van der Waals surface area (Å²) in [5.74, 6) is 4.52. The second kappa shape index (κ2) is 8.08. The zero-order chi connectivity index (χ0) is 24.7. The van der Waals surface area contributed by atoms with Crippen LogP contribution in [0.3, 0.4) is 0 Å². The van der Waals surface area contributed by atoms with E-state index in [0.717, 1.165) is 41.5 Å². The first-order valence-electron chi connectivity index (χ1n) is 13.8. The van der Waals surface area contributed by atoms with Gasteiger partial charge >= 0.3 is 0 Å². The fourth-order valence-corrected chi connectivity index (χ4v) is 9.46. The van der Waals surface area contributed by atoms with E-state index < -0.39 is 0 Å². The number of carbonyl (C=O) groups is 1. The average Bonchev–Trinajstić information content (AvgIpc) is 3.57. The molecule has 3 saturated carbocycles. The molecular weight excluding hydrogens is 470 g/mol. The molecule has 2 N–H and O–H groups in total. The summed E-state index contributed by atoms with van der Waals surface area (Å²) >= 11 is 6.11. The number of fused-ring (bicyclic) bond motifs is 8. The molecule has 36 heavy (non-hydrogen) atoms. The van der Waals surface area contributed by atoms with Gasteiger partial charge in [-0.3, -0.25) is 4.79 Å². The van der Waals surface area contributed by atoms with Crippen molar-refractivity contribution in [3.8, 4) is 0 Å². The Morgan fingerprint density at radius 3 is 2.89 bits per heavy atom. The molecule has 0 radical (unpaired) electrons. The maximum atomic E-state index is 13.5. The summed E-state index contributed by atoms with van der Waals surface area (Å²) in [5, 5.41) is 3.92. The van der Waals surface area contributed by atoms with Crippen molar-refractivity contribution in [3.05, 3.63) is 47.3 Å². The highest BCUT2D eigenvalue weighted by molar-refractivity contribution is 6.31. The third kappa shape index (κ3) is 3.25. The molecule has 190 valence electrons. The van der Waals surface area contributed by atoms with Crippen molar-refractivity contribution in [3.63, 3.8) is 0 Å². The number of rotatable bonds is 3. The normalized spacial score (nSPS) is 37.1. The Hall–Kier alpha value is -2.34. The van der Waals surface area contributed by atoms with Crippen molar-refractivity contribution in [1.82, 2.24) is 24.8 Å². The Morgan fingerprint density at radius 2 is 2.00 bits per heavy atom. The zero-order valence-electron chi connectivity index (χ0n) is 21.3. The molecule has 3 aromatic rings. The molecule has 0 bridgehead atoms. The number of aryl methyl sites for hydroxylation is 1. The summed E-state index contributed by atoms with van der Waals surface area (Å²) in [6, 6.07) is 6.23. The molecule has 7 atom stereocenters. The number of benzene rings is 1. The highest BCUT2D eigenvalue weighted by Gasteiger charge is 2.61. The van der Waals surface area contributed by atoms with Crippen LogP contribution in [-0.4, -0.2) is 25.4 Å². The first-order valence-corrected chi connectivity index (χ1v) is 14.2. The summed E-state index contributed by atoms with van der Waals surface area (Å²) < 4.78 is 2.50. The predicted molar refractivity (Wildman–Crippen MR) is 140 cm³/mol. The van der Waals surface area contributed by atoms with E-state index in [1.165, 1.54) is 44.3 Å². The van der Waals surface area contributed by atoms with Crippen LogP contribution in [0, 0.1) is 34.5 Å². The van der Waals surface area contributed by atoms with E-state index in [1.54, 1.807) is 0 Å². The molecule has 6 nitrogen and oxygen atoms in total. The van der Waals surface area contributed by atoms with E-state index in [9.17, 15) is 4.79 Å². The summed E-state index contributed by atoms with van der Waals surface area (Å²) in [5.41, 5.74) is 2.24. The van der Waals surface area contributed by atoms with Crippen LogP contribution in [-0.2, 0) is 17.8 Å².